The van der Waals surface area contributed by atoms with Crippen LogP contribution in [0.4, 0.5) is 15.9 Å². The number of hydrogen-bond donors (Lipinski definition) is 2. The van der Waals surface area contributed by atoms with Crippen LogP contribution in [0.1, 0.15) is 29.3 Å². The van der Waals surface area contributed by atoms with Crippen LogP contribution in [-0.4, -0.2) is 16.8 Å². The van der Waals surface area contributed by atoms with E-state index >= 15 is 0 Å². The molecular weight excluding hydrogens is 285 g/mol. The Kier molecular flexibility index (Phi) is 4.83. The quantitative estimate of drug-likeness (QED) is 0.911. The van der Waals surface area contributed by atoms with Gasteiger partial charge in [-0.05, 0) is 36.8 Å². The first-order chi connectivity index (χ1) is 10.5. The number of benzene rings is 1. The Morgan fingerprint density at radius 2 is 2.00 bits per heavy atom. The van der Waals surface area contributed by atoms with E-state index in [2.05, 4.69) is 15.6 Å². The van der Waals surface area contributed by atoms with Crippen molar-refractivity contribution in [3.05, 3.63) is 53.5 Å². The maximum absolute atomic E-state index is 13.1. The lowest BCUT2D eigenvalue weighted by Crippen LogP contribution is -2.14. The molecule has 6 heteroatoms. The lowest BCUT2D eigenvalue weighted by atomic mass is 10.2. The molecule has 0 aliphatic rings. The van der Waals surface area contributed by atoms with E-state index in [1.807, 2.05) is 0 Å². The summed E-state index contributed by atoms with van der Waals surface area (Å²) in [7, 11) is 0. The number of aryl methyl sites for hydroxylation is 1. The number of aromatic nitrogens is 1. The monoisotopic (exact) mass is 301 g/mol. The average molecular weight is 301 g/mol. The Morgan fingerprint density at radius 1 is 1.23 bits per heavy atom. The topological polar surface area (TPSA) is 71.1 Å². The summed E-state index contributed by atoms with van der Waals surface area (Å²) in [5.41, 5.74) is 1.47. The fourth-order valence-corrected chi connectivity index (χ4v) is 1.81. The highest BCUT2D eigenvalue weighted by Crippen LogP contribution is 2.18. The fraction of sp³-hybridized carbons (Fsp3) is 0.188. The van der Waals surface area contributed by atoms with Crippen molar-refractivity contribution in [3.63, 3.8) is 0 Å². The van der Waals surface area contributed by atoms with Crippen molar-refractivity contribution in [2.24, 2.45) is 0 Å². The standard InChI is InChI=1S/C16H16FN3O2/c1-3-15(21)20-14-7-10(2)13(9-18-14)19-16(22)11-5-4-6-12(17)8-11/h4-9H,3H2,1-2H3,(H,19,22)(H,18,20,21). The molecule has 1 heterocycles. The summed E-state index contributed by atoms with van der Waals surface area (Å²) in [6, 6.07) is 7.09. The molecule has 0 aliphatic heterocycles. The molecule has 1 aromatic carbocycles. The molecule has 0 radical (unpaired) electrons. The fourth-order valence-electron chi connectivity index (χ4n) is 1.81. The lowest BCUT2D eigenvalue weighted by molar-refractivity contribution is -0.115. The molecule has 0 saturated heterocycles. The Morgan fingerprint density at radius 3 is 2.64 bits per heavy atom. The highest BCUT2D eigenvalue weighted by molar-refractivity contribution is 6.04. The van der Waals surface area contributed by atoms with E-state index in [-0.39, 0.29) is 11.5 Å². The van der Waals surface area contributed by atoms with Gasteiger partial charge in [0.05, 0.1) is 11.9 Å². The largest absolute Gasteiger partial charge is 0.320 e. The highest BCUT2D eigenvalue weighted by atomic mass is 19.1. The van der Waals surface area contributed by atoms with E-state index in [0.29, 0.717) is 17.9 Å². The van der Waals surface area contributed by atoms with Crippen LogP contribution in [0.25, 0.3) is 0 Å². The first-order valence-electron chi connectivity index (χ1n) is 6.83. The molecule has 5 nitrogen and oxygen atoms in total. The van der Waals surface area contributed by atoms with Gasteiger partial charge in [0.1, 0.15) is 11.6 Å². The van der Waals surface area contributed by atoms with E-state index in [1.54, 1.807) is 19.9 Å². The van der Waals surface area contributed by atoms with Gasteiger partial charge in [-0.1, -0.05) is 13.0 Å². The third-order valence-corrected chi connectivity index (χ3v) is 3.03. The van der Waals surface area contributed by atoms with E-state index in [0.717, 1.165) is 11.6 Å². The number of carbonyl (C=O) groups is 2. The molecule has 0 unspecified atom stereocenters. The minimum Gasteiger partial charge on any atom is -0.320 e. The van der Waals surface area contributed by atoms with Crippen LogP contribution < -0.4 is 10.6 Å². The molecule has 0 bridgehead atoms. The molecule has 2 rings (SSSR count). The molecule has 2 N–H and O–H groups in total. The van der Waals surface area contributed by atoms with Gasteiger partial charge < -0.3 is 10.6 Å². The van der Waals surface area contributed by atoms with Crippen molar-refractivity contribution < 1.29 is 14.0 Å². The van der Waals surface area contributed by atoms with Crippen LogP contribution in [0.5, 0.6) is 0 Å². The number of hydrogen-bond acceptors (Lipinski definition) is 3. The van der Waals surface area contributed by atoms with E-state index in [1.165, 1.54) is 24.4 Å². The molecule has 0 fully saturated rings. The molecule has 0 spiro atoms. The van der Waals surface area contributed by atoms with Gasteiger partial charge in [-0.2, -0.15) is 0 Å². The van der Waals surface area contributed by atoms with Gasteiger partial charge in [0.2, 0.25) is 5.91 Å². The normalized spacial score (nSPS) is 10.1. The van der Waals surface area contributed by atoms with Crippen molar-refractivity contribution in [1.82, 2.24) is 4.98 Å². The SMILES string of the molecule is CCC(=O)Nc1cc(C)c(NC(=O)c2cccc(F)c2)cn1. The zero-order valence-electron chi connectivity index (χ0n) is 12.3. The molecule has 1 aromatic heterocycles. The summed E-state index contributed by atoms with van der Waals surface area (Å²) in [6.45, 7) is 3.53. The number of carbonyl (C=O) groups excluding carboxylic acids is 2. The predicted octanol–water partition coefficient (Wildman–Crippen LogP) is 3.13. The number of halogens is 1. The molecule has 0 atom stereocenters. The summed E-state index contributed by atoms with van der Waals surface area (Å²) in [4.78, 5) is 27.4. The molecule has 114 valence electrons. The second kappa shape index (κ2) is 6.80. The van der Waals surface area contributed by atoms with Gasteiger partial charge in [-0.15, -0.1) is 0 Å². The van der Waals surface area contributed by atoms with Crippen LogP contribution in [0, 0.1) is 12.7 Å². The molecular formula is C16H16FN3O2. The number of amides is 2. The number of anilines is 2. The first-order valence-corrected chi connectivity index (χ1v) is 6.83. The van der Waals surface area contributed by atoms with Gasteiger partial charge in [-0.3, -0.25) is 9.59 Å². The minimum atomic E-state index is -0.472. The van der Waals surface area contributed by atoms with E-state index in [9.17, 15) is 14.0 Å². The molecule has 2 amide bonds. The number of nitrogens with one attached hydrogen (secondary N) is 2. The van der Waals surface area contributed by atoms with E-state index in [4.69, 9.17) is 0 Å². The summed E-state index contributed by atoms with van der Waals surface area (Å²) < 4.78 is 13.1. The zero-order chi connectivity index (χ0) is 16.1. The Balaban J connectivity index is 2.13. The Hall–Kier alpha value is -2.76. The van der Waals surface area contributed by atoms with Crippen molar-refractivity contribution in [1.29, 1.82) is 0 Å². The summed E-state index contributed by atoms with van der Waals surface area (Å²) in [5, 5.41) is 5.31. The van der Waals surface area contributed by atoms with Gasteiger partial charge >= 0.3 is 0 Å². The summed E-state index contributed by atoms with van der Waals surface area (Å²) in [5.74, 6) is -0.605. The van der Waals surface area contributed by atoms with Crippen LogP contribution in [-0.2, 0) is 4.79 Å². The highest BCUT2D eigenvalue weighted by Gasteiger charge is 2.10. The second-order valence-electron chi connectivity index (χ2n) is 4.75. The number of pyridine rings is 1. The van der Waals surface area contributed by atoms with Gasteiger partial charge in [0, 0.05) is 12.0 Å². The molecule has 0 aliphatic carbocycles. The predicted molar refractivity (Wildman–Crippen MR) is 82.2 cm³/mol. The third kappa shape index (κ3) is 3.88. The van der Waals surface area contributed by atoms with Crippen LogP contribution in [0.15, 0.2) is 36.5 Å². The summed E-state index contributed by atoms with van der Waals surface area (Å²) >= 11 is 0. The maximum Gasteiger partial charge on any atom is 0.255 e. The molecule has 2 aromatic rings. The number of rotatable bonds is 4. The Labute approximate surface area is 127 Å². The van der Waals surface area contributed by atoms with Crippen molar-refractivity contribution in [3.8, 4) is 0 Å². The van der Waals surface area contributed by atoms with Crippen LogP contribution in [0.2, 0.25) is 0 Å². The van der Waals surface area contributed by atoms with Gasteiger partial charge in [0.25, 0.3) is 5.91 Å². The lowest BCUT2D eigenvalue weighted by Gasteiger charge is -2.10. The third-order valence-electron chi connectivity index (χ3n) is 3.03. The van der Waals surface area contributed by atoms with Crippen molar-refractivity contribution >= 4 is 23.3 Å². The Bertz CT molecular complexity index is 716. The van der Waals surface area contributed by atoms with Crippen LogP contribution in [0.3, 0.4) is 0 Å². The first kappa shape index (κ1) is 15.6. The molecule has 22 heavy (non-hydrogen) atoms. The zero-order valence-corrected chi connectivity index (χ0v) is 12.3. The smallest absolute Gasteiger partial charge is 0.255 e. The van der Waals surface area contributed by atoms with E-state index < -0.39 is 11.7 Å². The molecule has 0 saturated carbocycles. The second-order valence-corrected chi connectivity index (χ2v) is 4.75. The van der Waals surface area contributed by atoms with Gasteiger partial charge in [-0.25, -0.2) is 9.37 Å². The maximum atomic E-state index is 13.1. The van der Waals surface area contributed by atoms with Crippen molar-refractivity contribution in [2.75, 3.05) is 10.6 Å². The number of nitrogens with zero attached hydrogens (tertiary/aromatic N) is 1. The summed E-state index contributed by atoms with van der Waals surface area (Å²) in [6.07, 6.45) is 1.82. The van der Waals surface area contributed by atoms with Gasteiger partial charge in [0.15, 0.2) is 0 Å². The van der Waals surface area contributed by atoms with Crippen molar-refractivity contribution in [2.45, 2.75) is 20.3 Å². The minimum absolute atomic E-state index is 0.136. The van der Waals surface area contributed by atoms with Crippen LogP contribution >= 0.6 is 0 Å². The average Bonchev–Trinajstić information content (AvgIpc) is 2.49.